The van der Waals surface area contributed by atoms with Crippen molar-refractivity contribution >= 4 is 28.3 Å². The fourth-order valence-electron chi connectivity index (χ4n) is 2.90. The molecule has 0 radical (unpaired) electrons. The van der Waals surface area contributed by atoms with Gasteiger partial charge in [-0.3, -0.25) is 14.6 Å². The second-order valence-electron chi connectivity index (χ2n) is 6.21. The van der Waals surface area contributed by atoms with E-state index >= 15 is 0 Å². The molecule has 5 nitrogen and oxygen atoms in total. The first-order valence-corrected chi connectivity index (χ1v) is 9.56. The lowest BCUT2D eigenvalue weighted by Gasteiger charge is -2.33. The lowest BCUT2D eigenvalue weighted by Crippen LogP contribution is -2.48. The molecule has 1 aliphatic rings. The summed E-state index contributed by atoms with van der Waals surface area (Å²) < 4.78 is 0. The van der Waals surface area contributed by atoms with E-state index in [4.69, 9.17) is 5.26 Å². The largest absolute Gasteiger partial charge is 0.315 e. The number of anilines is 1. The molecular weight excluding hydrogens is 344 g/mol. The molecule has 0 atom stereocenters. The van der Waals surface area contributed by atoms with E-state index < -0.39 is 0 Å². The second-order valence-corrected chi connectivity index (χ2v) is 7.13. The van der Waals surface area contributed by atoms with Crippen LogP contribution in [-0.2, 0) is 4.79 Å². The van der Waals surface area contributed by atoms with Crippen LogP contribution in [0.1, 0.15) is 11.1 Å². The van der Waals surface area contributed by atoms with Crippen LogP contribution in [0.3, 0.4) is 0 Å². The number of benzene rings is 1. The van der Waals surface area contributed by atoms with Crippen molar-refractivity contribution < 1.29 is 4.79 Å². The maximum atomic E-state index is 12.2. The highest BCUT2D eigenvalue weighted by atomic mass is 32.1. The number of amides is 1. The topological polar surface area (TPSA) is 59.4 Å². The number of nitrogens with zero attached hydrogens (tertiary/aromatic N) is 3. The van der Waals surface area contributed by atoms with Gasteiger partial charge in [0.2, 0.25) is 5.91 Å². The number of carbonyl (C=O) groups is 1. The second kappa shape index (κ2) is 9.30. The molecular formula is C20H22N4OS. The third kappa shape index (κ3) is 5.27. The average Bonchev–Trinajstić information content (AvgIpc) is 3.11. The minimum absolute atomic E-state index is 0.0543. The number of carbonyl (C=O) groups excluding carboxylic acids is 1. The number of nitriles is 1. The van der Waals surface area contributed by atoms with Crippen LogP contribution >= 0.6 is 11.3 Å². The number of nitrogens with one attached hydrogen (secondary N) is 1. The summed E-state index contributed by atoms with van der Waals surface area (Å²) in [7, 11) is 0. The zero-order valence-corrected chi connectivity index (χ0v) is 15.4. The minimum atomic E-state index is -0.0543. The van der Waals surface area contributed by atoms with Crippen LogP contribution in [0.5, 0.6) is 0 Å². The molecule has 1 aromatic carbocycles. The molecule has 0 aliphatic carbocycles. The first kappa shape index (κ1) is 18.3. The predicted octanol–water partition coefficient (Wildman–Crippen LogP) is 2.89. The van der Waals surface area contributed by atoms with E-state index in [0.29, 0.717) is 17.1 Å². The highest BCUT2D eigenvalue weighted by molar-refractivity contribution is 7.14. The van der Waals surface area contributed by atoms with Crippen molar-refractivity contribution in [2.24, 2.45) is 0 Å². The van der Waals surface area contributed by atoms with Crippen LogP contribution in [0.15, 0.2) is 47.9 Å². The van der Waals surface area contributed by atoms with E-state index in [9.17, 15) is 4.79 Å². The van der Waals surface area contributed by atoms with Gasteiger partial charge in [-0.15, -0.1) is 11.3 Å². The molecule has 0 bridgehead atoms. The van der Waals surface area contributed by atoms with Gasteiger partial charge in [0.15, 0.2) is 0 Å². The third-order valence-corrected chi connectivity index (χ3v) is 5.17. The fourth-order valence-corrected chi connectivity index (χ4v) is 3.65. The van der Waals surface area contributed by atoms with Gasteiger partial charge in [-0.2, -0.15) is 5.26 Å². The molecule has 3 rings (SSSR count). The van der Waals surface area contributed by atoms with Crippen molar-refractivity contribution in [1.82, 2.24) is 9.80 Å². The Morgan fingerprint density at radius 1 is 1.15 bits per heavy atom. The lowest BCUT2D eigenvalue weighted by atomic mass is 10.2. The highest BCUT2D eigenvalue weighted by Gasteiger charge is 2.18. The maximum Gasteiger partial charge on any atom is 0.239 e. The number of piperazine rings is 1. The maximum absolute atomic E-state index is 12.2. The summed E-state index contributed by atoms with van der Waals surface area (Å²) in [4.78, 5) is 16.7. The van der Waals surface area contributed by atoms with Crippen LogP contribution in [0, 0.1) is 11.3 Å². The fraction of sp³-hybridized carbons (Fsp3) is 0.300. The molecule has 2 aromatic rings. The van der Waals surface area contributed by atoms with Crippen molar-refractivity contribution in [2.75, 3.05) is 44.6 Å². The van der Waals surface area contributed by atoms with E-state index in [-0.39, 0.29) is 5.91 Å². The van der Waals surface area contributed by atoms with Crippen molar-refractivity contribution in [1.29, 1.82) is 5.26 Å². The standard InChI is InChI=1S/C20H22N4OS/c21-15-18-8-14-26-20(18)22-19(25)16-24-12-10-23(11-13-24)9-4-7-17-5-2-1-3-6-17/h1-8,14H,9-13,16H2,(H,22,25)/b7-4+. The van der Waals surface area contributed by atoms with Gasteiger partial charge in [0.05, 0.1) is 12.1 Å². The van der Waals surface area contributed by atoms with Crippen LogP contribution in [-0.4, -0.2) is 55.0 Å². The third-order valence-electron chi connectivity index (χ3n) is 4.34. The lowest BCUT2D eigenvalue weighted by molar-refractivity contribution is -0.117. The SMILES string of the molecule is N#Cc1ccsc1NC(=O)CN1CCN(C/C=C/c2ccccc2)CC1. The Morgan fingerprint density at radius 3 is 2.62 bits per heavy atom. The normalized spacial score (nSPS) is 15.8. The van der Waals surface area contributed by atoms with Gasteiger partial charge in [0, 0.05) is 32.7 Å². The summed E-state index contributed by atoms with van der Waals surface area (Å²) >= 11 is 1.38. The summed E-state index contributed by atoms with van der Waals surface area (Å²) in [6.07, 6.45) is 4.34. The number of rotatable bonds is 6. The molecule has 1 fully saturated rings. The van der Waals surface area contributed by atoms with E-state index in [1.165, 1.54) is 16.9 Å². The van der Waals surface area contributed by atoms with E-state index in [0.717, 1.165) is 32.7 Å². The minimum Gasteiger partial charge on any atom is -0.315 e. The van der Waals surface area contributed by atoms with Gasteiger partial charge in [-0.25, -0.2) is 0 Å². The zero-order chi connectivity index (χ0) is 18.2. The molecule has 1 N–H and O–H groups in total. The van der Waals surface area contributed by atoms with Gasteiger partial charge in [0.25, 0.3) is 0 Å². The molecule has 6 heteroatoms. The predicted molar refractivity (Wildman–Crippen MR) is 106 cm³/mol. The van der Waals surface area contributed by atoms with Gasteiger partial charge >= 0.3 is 0 Å². The average molecular weight is 366 g/mol. The van der Waals surface area contributed by atoms with Gasteiger partial charge in [-0.05, 0) is 17.0 Å². The Morgan fingerprint density at radius 2 is 1.88 bits per heavy atom. The van der Waals surface area contributed by atoms with E-state index in [2.05, 4.69) is 45.5 Å². The molecule has 1 saturated heterocycles. The molecule has 1 amide bonds. The molecule has 0 spiro atoms. The van der Waals surface area contributed by atoms with E-state index in [1.54, 1.807) is 6.07 Å². The zero-order valence-electron chi connectivity index (χ0n) is 14.6. The van der Waals surface area contributed by atoms with Crippen LogP contribution < -0.4 is 5.32 Å². The molecule has 0 unspecified atom stereocenters. The summed E-state index contributed by atoms with van der Waals surface area (Å²) in [5.41, 5.74) is 1.74. The Bertz CT molecular complexity index is 786. The number of hydrogen-bond acceptors (Lipinski definition) is 5. The van der Waals surface area contributed by atoms with Crippen LogP contribution in [0.4, 0.5) is 5.00 Å². The van der Waals surface area contributed by atoms with Gasteiger partial charge < -0.3 is 5.32 Å². The Hall–Kier alpha value is -2.46. The molecule has 1 aromatic heterocycles. The molecule has 2 heterocycles. The first-order valence-electron chi connectivity index (χ1n) is 8.68. The number of thiophene rings is 1. The molecule has 1 aliphatic heterocycles. The Balaban J connectivity index is 1.39. The van der Waals surface area contributed by atoms with Crippen molar-refractivity contribution in [3.63, 3.8) is 0 Å². The van der Waals surface area contributed by atoms with Crippen molar-refractivity contribution in [2.45, 2.75) is 0 Å². The summed E-state index contributed by atoms with van der Waals surface area (Å²) in [6, 6.07) is 14.1. The van der Waals surface area contributed by atoms with Crippen LogP contribution in [0.2, 0.25) is 0 Å². The monoisotopic (exact) mass is 366 g/mol. The van der Waals surface area contributed by atoms with Crippen molar-refractivity contribution in [3.05, 3.63) is 59.0 Å². The molecule has 134 valence electrons. The quantitative estimate of drug-likeness (QED) is 0.854. The molecule has 26 heavy (non-hydrogen) atoms. The van der Waals surface area contributed by atoms with Gasteiger partial charge in [0.1, 0.15) is 11.1 Å². The van der Waals surface area contributed by atoms with Crippen molar-refractivity contribution in [3.8, 4) is 6.07 Å². The Kier molecular flexibility index (Phi) is 6.56. The smallest absolute Gasteiger partial charge is 0.239 e. The summed E-state index contributed by atoms with van der Waals surface area (Å²) in [5.74, 6) is -0.0543. The van der Waals surface area contributed by atoms with Gasteiger partial charge in [-0.1, -0.05) is 42.5 Å². The van der Waals surface area contributed by atoms with E-state index in [1.807, 2.05) is 23.6 Å². The van der Waals surface area contributed by atoms with Crippen LogP contribution in [0.25, 0.3) is 6.08 Å². The summed E-state index contributed by atoms with van der Waals surface area (Å²) in [6.45, 7) is 4.96. The first-order chi connectivity index (χ1) is 12.7. The number of hydrogen-bond donors (Lipinski definition) is 1. The summed E-state index contributed by atoms with van der Waals surface area (Å²) in [5, 5.41) is 14.3. The highest BCUT2D eigenvalue weighted by Crippen LogP contribution is 2.22. The Labute approximate surface area is 158 Å². The molecule has 0 saturated carbocycles.